The van der Waals surface area contributed by atoms with Gasteiger partial charge in [-0.3, -0.25) is 4.79 Å². The number of nitrogens with zero attached hydrogens (tertiary/aromatic N) is 1. The van der Waals surface area contributed by atoms with Gasteiger partial charge in [0.2, 0.25) is 0 Å². The van der Waals surface area contributed by atoms with Gasteiger partial charge in [-0.25, -0.2) is 0 Å². The van der Waals surface area contributed by atoms with E-state index in [9.17, 15) is 10.1 Å². The fraction of sp³-hybridized carbons (Fsp3) is 0.412. The first kappa shape index (κ1) is 16.9. The molecule has 0 saturated carbocycles. The Morgan fingerprint density at radius 1 is 1.55 bits per heavy atom. The average Bonchev–Trinajstić information content (AvgIpc) is 3.00. The van der Waals surface area contributed by atoms with E-state index in [1.165, 1.54) is 0 Å². The van der Waals surface area contributed by atoms with Crippen LogP contribution >= 0.6 is 23.1 Å². The molecule has 0 radical (unpaired) electrons. The zero-order chi connectivity index (χ0) is 16.1. The Labute approximate surface area is 140 Å². The van der Waals surface area contributed by atoms with Crippen molar-refractivity contribution in [3.05, 3.63) is 44.3 Å². The molecule has 0 aliphatic carbocycles. The lowest BCUT2D eigenvalue weighted by Crippen LogP contribution is -2.26. The van der Waals surface area contributed by atoms with Crippen molar-refractivity contribution in [3.63, 3.8) is 0 Å². The SMILES string of the molecule is CCCCSC1=C(C#N)[C@H](c2cccs2)C(C(C)=O)=C(C)N1. The molecule has 0 saturated heterocycles. The first-order chi connectivity index (χ1) is 10.6. The van der Waals surface area contributed by atoms with Crippen LogP contribution in [0.5, 0.6) is 0 Å². The highest BCUT2D eigenvalue weighted by atomic mass is 32.2. The predicted molar refractivity (Wildman–Crippen MR) is 93.6 cm³/mol. The fourth-order valence-electron chi connectivity index (χ4n) is 2.55. The molecule has 22 heavy (non-hydrogen) atoms. The molecule has 2 heterocycles. The molecule has 1 N–H and O–H groups in total. The topological polar surface area (TPSA) is 52.9 Å². The number of unbranched alkanes of at least 4 members (excludes halogenated alkanes) is 1. The number of hydrogen-bond donors (Lipinski definition) is 1. The van der Waals surface area contributed by atoms with Crippen molar-refractivity contribution >= 4 is 28.9 Å². The van der Waals surface area contributed by atoms with Crippen molar-refractivity contribution in [1.29, 1.82) is 5.26 Å². The average molecular weight is 332 g/mol. The van der Waals surface area contributed by atoms with E-state index in [-0.39, 0.29) is 11.7 Å². The molecule has 1 aromatic rings. The molecule has 116 valence electrons. The van der Waals surface area contributed by atoms with Gasteiger partial charge in [-0.15, -0.1) is 23.1 Å². The van der Waals surface area contributed by atoms with Crippen molar-refractivity contribution < 1.29 is 4.79 Å². The molecule has 0 bridgehead atoms. The van der Waals surface area contributed by atoms with Crippen molar-refractivity contribution in [3.8, 4) is 6.07 Å². The predicted octanol–water partition coefficient (Wildman–Crippen LogP) is 4.57. The number of dihydropyridines is 1. The smallest absolute Gasteiger partial charge is 0.158 e. The van der Waals surface area contributed by atoms with Crippen LogP contribution in [0, 0.1) is 11.3 Å². The minimum atomic E-state index is -0.229. The highest BCUT2D eigenvalue weighted by Gasteiger charge is 2.33. The third-order valence-corrected chi connectivity index (χ3v) is 5.64. The first-order valence-corrected chi connectivity index (χ1v) is 9.25. The summed E-state index contributed by atoms with van der Waals surface area (Å²) in [4.78, 5) is 13.2. The van der Waals surface area contributed by atoms with Crippen LogP contribution < -0.4 is 5.32 Å². The summed E-state index contributed by atoms with van der Waals surface area (Å²) in [6, 6.07) is 6.31. The highest BCUT2D eigenvalue weighted by molar-refractivity contribution is 8.03. The summed E-state index contributed by atoms with van der Waals surface area (Å²) in [6.45, 7) is 5.65. The Balaban J connectivity index is 2.46. The number of carbonyl (C=O) groups excluding carboxylic acids is 1. The number of nitrogens with one attached hydrogen (secondary N) is 1. The summed E-state index contributed by atoms with van der Waals surface area (Å²) in [5, 5.41) is 15.9. The molecule has 1 aliphatic rings. The number of thiophene rings is 1. The minimum absolute atomic E-state index is 0.0220. The van der Waals surface area contributed by atoms with Gasteiger partial charge in [-0.1, -0.05) is 19.4 Å². The molecule has 1 atom stereocenters. The molecule has 1 aliphatic heterocycles. The normalized spacial score (nSPS) is 18.2. The molecule has 0 fully saturated rings. The molecule has 1 aromatic heterocycles. The van der Waals surface area contributed by atoms with Crippen LogP contribution in [0.15, 0.2) is 39.4 Å². The maximum Gasteiger partial charge on any atom is 0.158 e. The number of Topliss-reactive ketones (excluding diaryl/α,β-unsaturated/α-hetero) is 1. The number of hydrogen-bond acceptors (Lipinski definition) is 5. The Morgan fingerprint density at radius 3 is 2.86 bits per heavy atom. The van der Waals surface area contributed by atoms with Gasteiger partial charge in [0.15, 0.2) is 5.78 Å². The highest BCUT2D eigenvalue weighted by Crippen LogP contribution is 2.42. The quantitative estimate of drug-likeness (QED) is 0.776. The second kappa shape index (κ2) is 7.66. The van der Waals surface area contributed by atoms with Gasteiger partial charge in [0, 0.05) is 16.1 Å². The zero-order valence-electron chi connectivity index (χ0n) is 13.1. The third kappa shape index (κ3) is 3.45. The van der Waals surface area contributed by atoms with Gasteiger partial charge in [0.05, 0.1) is 22.6 Å². The molecule has 0 spiro atoms. The number of rotatable bonds is 6. The van der Waals surface area contributed by atoms with Crippen molar-refractivity contribution in [2.24, 2.45) is 0 Å². The number of nitriles is 1. The summed E-state index contributed by atoms with van der Waals surface area (Å²) in [6.07, 6.45) is 2.24. The maximum atomic E-state index is 12.1. The van der Waals surface area contributed by atoms with Crippen molar-refractivity contribution in [2.45, 2.75) is 39.5 Å². The summed E-state index contributed by atoms with van der Waals surface area (Å²) in [5.74, 6) is 0.769. The Bertz CT molecular complexity index is 651. The number of carbonyl (C=O) groups is 1. The van der Waals surface area contributed by atoms with E-state index in [2.05, 4.69) is 18.3 Å². The second-order valence-corrected chi connectivity index (χ2v) is 7.31. The van der Waals surface area contributed by atoms with Gasteiger partial charge in [-0.2, -0.15) is 5.26 Å². The van der Waals surface area contributed by atoms with Gasteiger partial charge in [-0.05, 0) is 37.5 Å². The molecule has 3 nitrogen and oxygen atoms in total. The molecule has 5 heteroatoms. The lowest BCUT2D eigenvalue weighted by molar-refractivity contribution is -0.113. The van der Waals surface area contributed by atoms with Crippen LogP contribution in [0.25, 0.3) is 0 Å². The van der Waals surface area contributed by atoms with Crippen molar-refractivity contribution in [1.82, 2.24) is 5.32 Å². The van der Waals surface area contributed by atoms with Gasteiger partial charge >= 0.3 is 0 Å². The first-order valence-electron chi connectivity index (χ1n) is 7.39. The van der Waals surface area contributed by atoms with Crippen LogP contribution in [0.4, 0.5) is 0 Å². The van der Waals surface area contributed by atoms with E-state index in [4.69, 9.17) is 0 Å². The summed E-state index contributed by atoms with van der Waals surface area (Å²) < 4.78 is 0. The molecule has 0 amide bonds. The summed E-state index contributed by atoms with van der Waals surface area (Å²) in [7, 11) is 0. The molecule has 0 unspecified atom stereocenters. The number of allylic oxidation sites excluding steroid dienone is 3. The van der Waals surface area contributed by atoms with E-state index in [0.717, 1.165) is 34.2 Å². The van der Waals surface area contributed by atoms with E-state index in [0.29, 0.717) is 11.1 Å². The van der Waals surface area contributed by atoms with Crippen LogP contribution in [0.3, 0.4) is 0 Å². The van der Waals surface area contributed by atoms with Crippen LogP contribution in [-0.4, -0.2) is 11.5 Å². The zero-order valence-corrected chi connectivity index (χ0v) is 14.7. The van der Waals surface area contributed by atoms with Gasteiger partial charge in [0.25, 0.3) is 0 Å². The maximum absolute atomic E-state index is 12.1. The molecule has 2 rings (SSSR count). The fourth-order valence-corrected chi connectivity index (χ4v) is 4.58. The van der Waals surface area contributed by atoms with Crippen LogP contribution in [0.1, 0.15) is 44.4 Å². The summed E-state index contributed by atoms with van der Waals surface area (Å²) >= 11 is 3.27. The van der Waals surface area contributed by atoms with E-state index >= 15 is 0 Å². The minimum Gasteiger partial charge on any atom is -0.353 e. The standard InChI is InChI=1S/C17H20N2OS2/c1-4-5-8-22-17-13(10-18)16(14-7-6-9-21-14)15(12(3)20)11(2)19-17/h6-7,9,16,19H,4-5,8H2,1-3H3/t16-/m1/s1. The number of ketones is 1. The molecular formula is C17H20N2OS2. The van der Waals surface area contributed by atoms with E-state index in [1.807, 2.05) is 24.4 Å². The van der Waals surface area contributed by atoms with Crippen LogP contribution in [0.2, 0.25) is 0 Å². The second-order valence-electron chi connectivity index (χ2n) is 5.22. The van der Waals surface area contributed by atoms with E-state index in [1.54, 1.807) is 30.0 Å². The summed E-state index contributed by atoms with van der Waals surface area (Å²) in [5.41, 5.74) is 2.24. The third-order valence-electron chi connectivity index (χ3n) is 3.60. The Morgan fingerprint density at radius 2 is 2.32 bits per heavy atom. The Kier molecular flexibility index (Phi) is 5.87. The van der Waals surface area contributed by atoms with E-state index < -0.39 is 0 Å². The van der Waals surface area contributed by atoms with Crippen LogP contribution in [-0.2, 0) is 4.79 Å². The lowest BCUT2D eigenvalue weighted by Gasteiger charge is -2.28. The Hall–Kier alpha value is -1.51. The lowest BCUT2D eigenvalue weighted by atomic mass is 9.85. The number of thioether (sulfide) groups is 1. The molecule has 0 aromatic carbocycles. The van der Waals surface area contributed by atoms with Gasteiger partial charge in [0.1, 0.15) is 0 Å². The monoisotopic (exact) mass is 332 g/mol. The van der Waals surface area contributed by atoms with Gasteiger partial charge < -0.3 is 5.32 Å². The largest absolute Gasteiger partial charge is 0.353 e. The molecular weight excluding hydrogens is 312 g/mol. The van der Waals surface area contributed by atoms with Crippen molar-refractivity contribution in [2.75, 3.05) is 5.75 Å².